The van der Waals surface area contributed by atoms with E-state index in [0.717, 1.165) is 30.6 Å². The molecule has 0 saturated carbocycles. The Bertz CT molecular complexity index is 705. The molecule has 0 spiro atoms. The smallest absolute Gasteiger partial charge is 0.343 e. The normalized spacial score (nSPS) is 11.2. The first-order valence-corrected chi connectivity index (χ1v) is 8.38. The highest BCUT2D eigenvalue weighted by atomic mass is 16.5. The summed E-state index contributed by atoms with van der Waals surface area (Å²) in [6.07, 6.45) is 3.32. The zero-order chi connectivity index (χ0) is 18.1. The minimum Gasteiger partial charge on any atom is -0.494 e. The van der Waals surface area contributed by atoms with Gasteiger partial charge in [0.15, 0.2) is 0 Å². The largest absolute Gasteiger partial charge is 0.494 e. The van der Waals surface area contributed by atoms with Gasteiger partial charge in [-0.3, -0.25) is 0 Å². The second kappa shape index (κ2) is 9.47. The summed E-state index contributed by atoms with van der Waals surface area (Å²) in [5.41, 5.74) is 1.71. The van der Waals surface area contributed by atoms with Gasteiger partial charge in [0, 0.05) is 0 Å². The molecular weight excluding hydrogens is 318 g/mol. The molecule has 2 aromatic carbocycles. The molecule has 25 heavy (non-hydrogen) atoms. The summed E-state index contributed by atoms with van der Waals surface area (Å²) in [7, 11) is 0. The number of ether oxygens (including phenoxy) is 2. The van der Waals surface area contributed by atoms with Gasteiger partial charge in [0.25, 0.3) is 0 Å². The van der Waals surface area contributed by atoms with Gasteiger partial charge in [0.2, 0.25) is 0 Å². The molecule has 2 rings (SSSR count). The van der Waals surface area contributed by atoms with Crippen molar-refractivity contribution in [3.63, 3.8) is 0 Å². The number of benzene rings is 2. The molecule has 0 bridgehead atoms. The monoisotopic (exact) mass is 341 g/mol. The predicted molar refractivity (Wildman–Crippen MR) is 96.9 cm³/mol. The van der Waals surface area contributed by atoms with Gasteiger partial charge < -0.3 is 14.7 Å². The van der Waals surface area contributed by atoms with Crippen molar-refractivity contribution in [2.45, 2.75) is 33.1 Å². The van der Waals surface area contributed by atoms with Crippen LogP contribution in [0.25, 0.3) is 0 Å². The minimum absolute atomic E-state index is 0.430. The van der Waals surface area contributed by atoms with Gasteiger partial charge in [-0.15, -0.1) is 0 Å². The molecule has 0 amide bonds. The van der Waals surface area contributed by atoms with Crippen LogP contribution in [-0.2, 0) is 0 Å². The molecule has 0 saturated heterocycles. The summed E-state index contributed by atoms with van der Waals surface area (Å²) in [5.74, 6) is 0.744. The van der Waals surface area contributed by atoms with E-state index < -0.39 is 5.97 Å². The molecular formula is C20H23NO4. The summed E-state index contributed by atoms with van der Waals surface area (Å²) in [4.78, 5) is 12.2. The van der Waals surface area contributed by atoms with E-state index in [-0.39, 0.29) is 0 Å². The molecule has 2 aromatic rings. The SMILES string of the molecule is CCCCCOc1ccc(C(=O)Oc2ccc(/C(C)=N/O)cc2)cc1. The van der Waals surface area contributed by atoms with Crippen LogP contribution in [0.3, 0.4) is 0 Å². The van der Waals surface area contributed by atoms with Crippen molar-refractivity contribution in [2.75, 3.05) is 6.61 Å². The van der Waals surface area contributed by atoms with Crippen molar-refractivity contribution in [1.29, 1.82) is 0 Å². The van der Waals surface area contributed by atoms with E-state index in [9.17, 15) is 4.79 Å². The molecule has 0 aromatic heterocycles. The second-order valence-electron chi connectivity index (χ2n) is 5.68. The Balaban J connectivity index is 1.92. The summed E-state index contributed by atoms with van der Waals surface area (Å²) >= 11 is 0. The third-order valence-corrected chi connectivity index (χ3v) is 3.74. The van der Waals surface area contributed by atoms with Crippen molar-refractivity contribution >= 4 is 11.7 Å². The molecule has 0 radical (unpaired) electrons. The maximum absolute atomic E-state index is 12.2. The fourth-order valence-electron chi connectivity index (χ4n) is 2.22. The maximum atomic E-state index is 12.2. The van der Waals surface area contributed by atoms with Crippen molar-refractivity contribution in [1.82, 2.24) is 0 Å². The van der Waals surface area contributed by atoms with Crippen LogP contribution in [0.2, 0.25) is 0 Å². The lowest BCUT2D eigenvalue weighted by atomic mass is 10.1. The Labute approximate surface area is 147 Å². The second-order valence-corrected chi connectivity index (χ2v) is 5.68. The molecule has 0 unspecified atom stereocenters. The molecule has 0 heterocycles. The van der Waals surface area contributed by atoms with Crippen molar-refractivity contribution in [2.24, 2.45) is 5.16 Å². The van der Waals surface area contributed by atoms with E-state index in [0.29, 0.717) is 23.6 Å². The first kappa shape index (κ1) is 18.5. The number of carbonyl (C=O) groups is 1. The zero-order valence-corrected chi connectivity index (χ0v) is 14.6. The zero-order valence-electron chi connectivity index (χ0n) is 14.6. The summed E-state index contributed by atoms with van der Waals surface area (Å²) < 4.78 is 11.0. The molecule has 0 fully saturated rings. The number of oxime groups is 1. The lowest BCUT2D eigenvalue weighted by Crippen LogP contribution is -2.08. The number of unbranched alkanes of at least 4 members (excludes halogenated alkanes) is 2. The Morgan fingerprint density at radius 1 is 0.960 bits per heavy atom. The first-order valence-electron chi connectivity index (χ1n) is 8.38. The molecule has 0 aliphatic carbocycles. The molecule has 5 heteroatoms. The third-order valence-electron chi connectivity index (χ3n) is 3.74. The Hall–Kier alpha value is -2.82. The van der Waals surface area contributed by atoms with E-state index >= 15 is 0 Å². The number of esters is 1. The fraction of sp³-hybridized carbons (Fsp3) is 0.300. The first-order chi connectivity index (χ1) is 12.1. The van der Waals surface area contributed by atoms with Crippen molar-refractivity contribution < 1.29 is 19.5 Å². The standard InChI is InChI=1S/C20H23NO4/c1-3-4-5-14-24-18-10-8-17(9-11-18)20(22)25-19-12-6-16(7-13-19)15(2)21-23/h6-13,23H,3-5,14H2,1-2H3/b21-15+. The molecule has 1 N–H and O–H groups in total. The summed E-state index contributed by atoms with van der Waals surface area (Å²) in [6, 6.07) is 13.7. The van der Waals surface area contributed by atoms with Crippen LogP contribution in [-0.4, -0.2) is 23.5 Å². The van der Waals surface area contributed by atoms with E-state index in [1.54, 1.807) is 55.5 Å². The Kier molecular flexibility index (Phi) is 7.01. The highest BCUT2D eigenvalue weighted by Gasteiger charge is 2.09. The van der Waals surface area contributed by atoms with Crippen LogP contribution in [0.5, 0.6) is 11.5 Å². The van der Waals surface area contributed by atoms with Gasteiger partial charge in [-0.2, -0.15) is 0 Å². The van der Waals surface area contributed by atoms with E-state index in [1.165, 1.54) is 0 Å². The van der Waals surface area contributed by atoms with Gasteiger partial charge >= 0.3 is 5.97 Å². The number of hydrogen-bond donors (Lipinski definition) is 1. The topological polar surface area (TPSA) is 68.1 Å². The molecule has 132 valence electrons. The number of nitrogens with zero attached hydrogens (tertiary/aromatic N) is 1. The fourth-order valence-corrected chi connectivity index (χ4v) is 2.22. The molecule has 0 aliphatic heterocycles. The Morgan fingerprint density at radius 3 is 2.16 bits per heavy atom. The van der Waals surface area contributed by atoms with E-state index in [4.69, 9.17) is 14.7 Å². The summed E-state index contributed by atoms with van der Waals surface area (Å²) in [6.45, 7) is 4.52. The Morgan fingerprint density at radius 2 is 1.56 bits per heavy atom. The highest BCUT2D eigenvalue weighted by Crippen LogP contribution is 2.17. The van der Waals surface area contributed by atoms with Crippen LogP contribution in [0.15, 0.2) is 53.7 Å². The molecule has 5 nitrogen and oxygen atoms in total. The average Bonchev–Trinajstić information content (AvgIpc) is 2.65. The van der Waals surface area contributed by atoms with Crippen LogP contribution in [0.4, 0.5) is 0 Å². The van der Waals surface area contributed by atoms with Crippen LogP contribution >= 0.6 is 0 Å². The number of hydrogen-bond acceptors (Lipinski definition) is 5. The lowest BCUT2D eigenvalue weighted by Gasteiger charge is -2.08. The van der Waals surface area contributed by atoms with Gasteiger partial charge in [0.1, 0.15) is 11.5 Å². The van der Waals surface area contributed by atoms with Gasteiger partial charge in [-0.05, 0) is 67.4 Å². The number of carbonyl (C=O) groups excluding carboxylic acids is 1. The third kappa shape index (κ3) is 5.64. The van der Waals surface area contributed by atoms with Crippen LogP contribution < -0.4 is 9.47 Å². The summed E-state index contributed by atoms with van der Waals surface area (Å²) in [5, 5.41) is 11.9. The van der Waals surface area contributed by atoms with Crippen LogP contribution in [0.1, 0.15) is 49.0 Å². The van der Waals surface area contributed by atoms with Gasteiger partial charge in [-0.1, -0.05) is 24.9 Å². The van der Waals surface area contributed by atoms with Crippen molar-refractivity contribution in [3.8, 4) is 11.5 Å². The number of rotatable bonds is 8. The van der Waals surface area contributed by atoms with Gasteiger partial charge in [-0.25, -0.2) is 4.79 Å². The average molecular weight is 341 g/mol. The lowest BCUT2D eigenvalue weighted by molar-refractivity contribution is 0.0734. The van der Waals surface area contributed by atoms with Crippen molar-refractivity contribution in [3.05, 3.63) is 59.7 Å². The molecule has 0 aliphatic rings. The maximum Gasteiger partial charge on any atom is 0.343 e. The van der Waals surface area contributed by atoms with E-state index in [2.05, 4.69) is 12.1 Å². The quantitative estimate of drug-likeness (QED) is 0.189. The van der Waals surface area contributed by atoms with Crippen LogP contribution in [0, 0.1) is 0 Å². The van der Waals surface area contributed by atoms with Gasteiger partial charge in [0.05, 0.1) is 17.9 Å². The predicted octanol–water partition coefficient (Wildman–Crippen LogP) is 4.67. The minimum atomic E-state index is -0.433. The molecule has 0 atom stereocenters. The van der Waals surface area contributed by atoms with E-state index in [1.807, 2.05) is 0 Å². The highest BCUT2D eigenvalue weighted by molar-refractivity contribution is 5.98.